The molecule has 0 aliphatic heterocycles. The lowest BCUT2D eigenvalue weighted by molar-refractivity contribution is -0.00725. The molecule has 16 heavy (non-hydrogen) atoms. The van der Waals surface area contributed by atoms with Gasteiger partial charge < -0.3 is 14.8 Å². The maximum atomic E-state index is 5.57. The lowest BCUT2D eigenvalue weighted by atomic mass is 10.1. The molecule has 3 nitrogen and oxygen atoms in total. The van der Waals surface area contributed by atoms with E-state index in [2.05, 4.69) is 25.7 Å². The van der Waals surface area contributed by atoms with Crippen LogP contribution in [0.2, 0.25) is 0 Å². The first-order valence-electron chi connectivity index (χ1n) is 6.06. The van der Waals surface area contributed by atoms with Crippen LogP contribution in [0.4, 0.5) is 0 Å². The number of ether oxygens (including phenoxy) is 2. The number of hydrogen-bond acceptors (Lipinski definition) is 3. The van der Waals surface area contributed by atoms with Gasteiger partial charge in [0.1, 0.15) is 0 Å². The number of rotatable bonds is 9. The van der Waals surface area contributed by atoms with Crippen molar-refractivity contribution in [2.75, 3.05) is 26.9 Å². The molecular formula is C13H25NO2. The Bertz CT molecular complexity index is 222. The summed E-state index contributed by atoms with van der Waals surface area (Å²) < 4.78 is 10.9. The zero-order chi connectivity index (χ0) is 12.0. The highest BCUT2D eigenvalue weighted by molar-refractivity contribution is 4.99. The number of methoxy groups -OCH3 is 1. The van der Waals surface area contributed by atoms with Crippen LogP contribution in [-0.2, 0) is 9.47 Å². The van der Waals surface area contributed by atoms with Crippen molar-refractivity contribution < 1.29 is 9.47 Å². The summed E-state index contributed by atoms with van der Waals surface area (Å²) in [5, 5.41) is 3.42. The van der Waals surface area contributed by atoms with Gasteiger partial charge in [0, 0.05) is 26.3 Å². The van der Waals surface area contributed by atoms with E-state index in [1.54, 1.807) is 7.11 Å². The Labute approximate surface area is 99.2 Å². The van der Waals surface area contributed by atoms with E-state index in [1.807, 2.05) is 0 Å². The maximum absolute atomic E-state index is 5.57. The van der Waals surface area contributed by atoms with Crippen molar-refractivity contribution in [2.24, 2.45) is 0 Å². The molecule has 1 N–H and O–H groups in total. The van der Waals surface area contributed by atoms with Crippen LogP contribution >= 0.6 is 0 Å². The first kappa shape index (κ1) is 13.7. The van der Waals surface area contributed by atoms with Crippen molar-refractivity contribution in [3.05, 3.63) is 12.2 Å². The topological polar surface area (TPSA) is 30.5 Å². The summed E-state index contributed by atoms with van der Waals surface area (Å²) in [5.41, 5.74) is 1.04. The van der Waals surface area contributed by atoms with Gasteiger partial charge in [-0.3, -0.25) is 0 Å². The third-order valence-electron chi connectivity index (χ3n) is 2.93. The molecule has 0 aromatic heterocycles. The van der Waals surface area contributed by atoms with Crippen LogP contribution in [0.15, 0.2) is 12.2 Å². The van der Waals surface area contributed by atoms with E-state index in [-0.39, 0.29) is 5.60 Å². The van der Waals surface area contributed by atoms with Crippen molar-refractivity contribution in [3.63, 3.8) is 0 Å². The molecule has 1 aliphatic carbocycles. The summed E-state index contributed by atoms with van der Waals surface area (Å²) in [7, 11) is 1.73. The van der Waals surface area contributed by atoms with Gasteiger partial charge in [-0.05, 0) is 38.7 Å². The minimum atomic E-state index is -0.0897. The SMILES string of the molecule is C=C(CNC1CC1)COCCC(C)(C)OC. The largest absolute Gasteiger partial charge is 0.379 e. The van der Waals surface area contributed by atoms with Crippen molar-refractivity contribution in [3.8, 4) is 0 Å². The number of hydrogen-bond donors (Lipinski definition) is 1. The summed E-state index contributed by atoms with van der Waals surface area (Å²) in [6.07, 6.45) is 3.54. The molecule has 3 heteroatoms. The van der Waals surface area contributed by atoms with Crippen LogP contribution in [0.3, 0.4) is 0 Å². The molecule has 94 valence electrons. The molecule has 1 rings (SSSR count). The summed E-state index contributed by atoms with van der Waals surface area (Å²) >= 11 is 0. The summed E-state index contributed by atoms with van der Waals surface area (Å²) in [4.78, 5) is 0. The highest BCUT2D eigenvalue weighted by Gasteiger charge is 2.20. The summed E-state index contributed by atoms with van der Waals surface area (Å²) in [5.74, 6) is 0. The Morgan fingerprint density at radius 1 is 1.44 bits per heavy atom. The zero-order valence-corrected chi connectivity index (χ0v) is 10.8. The Kier molecular flexibility index (Phi) is 5.46. The van der Waals surface area contributed by atoms with Gasteiger partial charge in [-0.1, -0.05) is 6.58 Å². The van der Waals surface area contributed by atoms with Gasteiger partial charge in [-0.25, -0.2) is 0 Å². The first-order chi connectivity index (χ1) is 7.53. The highest BCUT2D eigenvalue weighted by Crippen LogP contribution is 2.18. The molecule has 0 saturated heterocycles. The van der Waals surface area contributed by atoms with E-state index in [9.17, 15) is 0 Å². The van der Waals surface area contributed by atoms with E-state index >= 15 is 0 Å². The molecule has 0 aromatic carbocycles. The van der Waals surface area contributed by atoms with Crippen molar-refractivity contribution in [2.45, 2.75) is 44.8 Å². The van der Waals surface area contributed by atoms with E-state index in [0.717, 1.165) is 31.2 Å². The van der Waals surface area contributed by atoms with Gasteiger partial charge >= 0.3 is 0 Å². The summed E-state index contributed by atoms with van der Waals surface area (Å²) in [6.45, 7) is 10.4. The molecule has 0 atom stereocenters. The second kappa shape index (κ2) is 6.38. The van der Waals surface area contributed by atoms with E-state index in [1.165, 1.54) is 12.8 Å². The Morgan fingerprint density at radius 2 is 2.12 bits per heavy atom. The fourth-order valence-electron chi connectivity index (χ4n) is 1.26. The van der Waals surface area contributed by atoms with Gasteiger partial charge in [0.2, 0.25) is 0 Å². The lowest BCUT2D eigenvalue weighted by Crippen LogP contribution is -2.25. The third kappa shape index (κ3) is 6.26. The summed E-state index contributed by atoms with van der Waals surface area (Å²) in [6, 6.07) is 0.740. The molecule has 0 radical (unpaired) electrons. The molecule has 0 aromatic rings. The molecule has 0 spiro atoms. The van der Waals surface area contributed by atoms with E-state index in [0.29, 0.717) is 6.61 Å². The second-order valence-corrected chi connectivity index (χ2v) is 5.17. The highest BCUT2D eigenvalue weighted by atomic mass is 16.5. The average Bonchev–Trinajstić information content (AvgIpc) is 3.05. The van der Waals surface area contributed by atoms with Gasteiger partial charge in [0.25, 0.3) is 0 Å². The van der Waals surface area contributed by atoms with Crippen LogP contribution in [0.1, 0.15) is 33.1 Å². The maximum Gasteiger partial charge on any atom is 0.0686 e. The molecular weight excluding hydrogens is 202 g/mol. The van der Waals surface area contributed by atoms with Crippen molar-refractivity contribution in [1.29, 1.82) is 0 Å². The van der Waals surface area contributed by atoms with Gasteiger partial charge in [-0.15, -0.1) is 0 Å². The Morgan fingerprint density at radius 3 is 2.69 bits per heavy atom. The Hall–Kier alpha value is -0.380. The van der Waals surface area contributed by atoms with E-state index < -0.39 is 0 Å². The number of nitrogens with one attached hydrogen (secondary N) is 1. The normalized spacial score (nSPS) is 16.4. The monoisotopic (exact) mass is 227 g/mol. The molecule has 0 unspecified atom stereocenters. The van der Waals surface area contributed by atoms with Crippen LogP contribution in [0.5, 0.6) is 0 Å². The molecule has 1 saturated carbocycles. The predicted octanol–water partition coefficient (Wildman–Crippen LogP) is 2.13. The van der Waals surface area contributed by atoms with Gasteiger partial charge in [-0.2, -0.15) is 0 Å². The quantitative estimate of drug-likeness (QED) is 0.483. The minimum absolute atomic E-state index is 0.0897. The first-order valence-corrected chi connectivity index (χ1v) is 6.06. The van der Waals surface area contributed by atoms with E-state index in [4.69, 9.17) is 9.47 Å². The molecule has 0 heterocycles. The zero-order valence-electron chi connectivity index (χ0n) is 10.8. The van der Waals surface area contributed by atoms with Gasteiger partial charge in [0.15, 0.2) is 0 Å². The molecule has 0 bridgehead atoms. The second-order valence-electron chi connectivity index (χ2n) is 5.17. The van der Waals surface area contributed by atoms with Crippen LogP contribution in [0, 0.1) is 0 Å². The smallest absolute Gasteiger partial charge is 0.0686 e. The van der Waals surface area contributed by atoms with Crippen LogP contribution in [0.25, 0.3) is 0 Å². The Balaban J connectivity index is 1.95. The predicted molar refractivity (Wildman–Crippen MR) is 66.7 cm³/mol. The average molecular weight is 227 g/mol. The van der Waals surface area contributed by atoms with Crippen LogP contribution < -0.4 is 5.32 Å². The lowest BCUT2D eigenvalue weighted by Gasteiger charge is -2.22. The molecule has 1 aliphatic rings. The fraction of sp³-hybridized carbons (Fsp3) is 0.846. The minimum Gasteiger partial charge on any atom is -0.379 e. The third-order valence-corrected chi connectivity index (χ3v) is 2.93. The van der Waals surface area contributed by atoms with Crippen molar-refractivity contribution in [1.82, 2.24) is 5.32 Å². The van der Waals surface area contributed by atoms with Crippen molar-refractivity contribution >= 4 is 0 Å². The van der Waals surface area contributed by atoms with Crippen LogP contribution in [-0.4, -0.2) is 38.5 Å². The molecule has 1 fully saturated rings. The van der Waals surface area contributed by atoms with Gasteiger partial charge in [0.05, 0.1) is 12.2 Å². The fourth-order valence-corrected chi connectivity index (χ4v) is 1.26. The standard InChI is InChI=1S/C13H25NO2/c1-11(9-14-12-5-6-12)10-16-8-7-13(2,3)15-4/h12,14H,1,5-10H2,2-4H3. The molecule has 0 amide bonds.